The van der Waals surface area contributed by atoms with Crippen molar-refractivity contribution in [3.8, 4) is 5.75 Å². The Morgan fingerprint density at radius 1 is 1.19 bits per heavy atom. The highest BCUT2D eigenvalue weighted by Crippen LogP contribution is 2.45. The molecule has 1 heterocycles. The first kappa shape index (κ1) is 21.2. The van der Waals surface area contributed by atoms with Crippen molar-refractivity contribution in [2.45, 2.75) is 43.7 Å². The number of carbonyl (C=O) groups is 2. The number of aromatic hydroxyl groups is 1. The van der Waals surface area contributed by atoms with Crippen LogP contribution in [-0.4, -0.2) is 47.5 Å². The number of anilines is 1. The summed E-state index contributed by atoms with van der Waals surface area (Å²) in [6, 6.07) is 7.99. The van der Waals surface area contributed by atoms with Gasteiger partial charge < -0.3 is 20.6 Å². The molecule has 4 rings (SSSR count). The summed E-state index contributed by atoms with van der Waals surface area (Å²) in [6.07, 6.45) is 1.03. The molecule has 0 saturated carbocycles. The van der Waals surface area contributed by atoms with Crippen molar-refractivity contribution in [2.75, 3.05) is 18.9 Å². The van der Waals surface area contributed by atoms with Gasteiger partial charge in [-0.1, -0.05) is 13.0 Å². The van der Waals surface area contributed by atoms with Gasteiger partial charge in [0.2, 0.25) is 11.8 Å². The zero-order valence-electron chi connectivity index (χ0n) is 17.4. The summed E-state index contributed by atoms with van der Waals surface area (Å²) in [5.41, 5.74) is 1.59. The van der Waals surface area contributed by atoms with Gasteiger partial charge in [0.1, 0.15) is 23.8 Å². The summed E-state index contributed by atoms with van der Waals surface area (Å²) in [6.45, 7) is 2.93. The number of hydrogen-bond donors (Lipinski definition) is 3. The number of halogens is 2. The Balaban J connectivity index is 1.50. The van der Waals surface area contributed by atoms with Crippen LogP contribution in [0.2, 0.25) is 0 Å². The lowest BCUT2D eigenvalue weighted by atomic mass is 9.61. The van der Waals surface area contributed by atoms with E-state index in [2.05, 4.69) is 22.5 Å². The van der Waals surface area contributed by atoms with Crippen LogP contribution in [0, 0.1) is 11.6 Å². The molecule has 0 aromatic heterocycles. The topological polar surface area (TPSA) is 81.7 Å². The number of nitrogens with zero attached hydrogens (tertiary/aromatic N) is 1. The third-order valence-electron chi connectivity index (χ3n) is 6.60. The molecule has 2 amide bonds. The molecule has 3 N–H and O–H groups in total. The number of benzene rings is 2. The number of phenolic OH excluding ortho intramolecular Hbond substituents is 1. The van der Waals surface area contributed by atoms with Gasteiger partial charge in [0.25, 0.3) is 0 Å². The molecule has 2 aromatic carbocycles. The zero-order chi connectivity index (χ0) is 22.3. The van der Waals surface area contributed by atoms with Gasteiger partial charge in [0.05, 0.1) is 11.7 Å². The Kier molecular flexibility index (Phi) is 5.43. The third kappa shape index (κ3) is 3.99. The van der Waals surface area contributed by atoms with E-state index in [4.69, 9.17) is 0 Å². The van der Waals surface area contributed by atoms with Gasteiger partial charge in [-0.15, -0.1) is 0 Å². The van der Waals surface area contributed by atoms with Gasteiger partial charge in [-0.2, -0.15) is 0 Å². The summed E-state index contributed by atoms with van der Waals surface area (Å²) in [5.74, 6) is -2.62. The number of fused-ring (bicyclic) bond motifs is 4. The highest BCUT2D eigenvalue weighted by atomic mass is 19.1. The summed E-state index contributed by atoms with van der Waals surface area (Å²) >= 11 is 0. The first-order valence-corrected chi connectivity index (χ1v) is 10.2. The SMILES string of the molecule is CN1CCC2(C)c3cc(O)ccc3CC1C2NC(=O)CC(=O)Nc1ccc(F)cc1F. The van der Waals surface area contributed by atoms with Gasteiger partial charge >= 0.3 is 0 Å². The number of likely N-dealkylation sites (N-methyl/N-ethyl adjacent to an activating group) is 1. The third-order valence-corrected chi connectivity index (χ3v) is 6.60. The van der Waals surface area contributed by atoms with Crippen molar-refractivity contribution >= 4 is 17.5 Å². The normalized spacial score (nSPS) is 24.9. The fourth-order valence-electron chi connectivity index (χ4n) is 4.90. The lowest BCUT2D eigenvalue weighted by molar-refractivity contribution is -0.128. The largest absolute Gasteiger partial charge is 0.508 e. The molecule has 3 unspecified atom stereocenters. The molecule has 164 valence electrons. The number of likely N-dealkylation sites (tertiary alicyclic amines) is 1. The molecule has 3 atom stereocenters. The molecular weight excluding hydrogens is 404 g/mol. The molecule has 1 fully saturated rings. The van der Waals surface area contributed by atoms with Crippen LogP contribution < -0.4 is 10.6 Å². The molecule has 0 radical (unpaired) electrons. The predicted octanol–water partition coefficient (Wildman–Crippen LogP) is 2.70. The Bertz CT molecular complexity index is 1040. The number of rotatable bonds is 4. The van der Waals surface area contributed by atoms with Crippen molar-refractivity contribution in [1.82, 2.24) is 10.2 Å². The van der Waals surface area contributed by atoms with E-state index in [-0.39, 0.29) is 23.5 Å². The van der Waals surface area contributed by atoms with E-state index in [9.17, 15) is 23.5 Å². The van der Waals surface area contributed by atoms with Gasteiger partial charge in [-0.25, -0.2) is 8.78 Å². The molecule has 1 saturated heterocycles. The fraction of sp³-hybridized carbons (Fsp3) is 0.391. The molecule has 2 aliphatic rings. The number of hydrogen-bond acceptors (Lipinski definition) is 4. The van der Waals surface area contributed by atoms with E-state index < -0.39 is 35.3 Å². The second-order valence-corrected chi connectivity index (χ2v) is 8.66. The molecule has 31 heavy (non-hydrogen) atoms. The maximum atomic E-state index is 13.8. The highest BCUT2D eigenvalue weighted by molar-refractivity contribution is 6.03. The number of phenols is 1. The monoisotopic (exact) mass is 429 g/mol. The maximum absolute atomic E-state index is 13.8. The van der Waals surface area contributed by atoms with Crippen LogP contribution in [0.25, 0.3) is 0 Å². The van der Waals surface area contributed by atoms with E-state index in [0.717, 1.165) is 42.6 Å². The molecule has 0 spiro atoms. The summed E-state index contributed by atoms with van der Waals surface area (Å²) in [7, 11) is 2.01. The van der Waals surface area contributed by atoms with Crippen molar-refractivity contribution in [3.63, 3.8) is 0 Å². The van der Waals surface area contributed by atoms with Crippen molar-refractivity contribution in [2.24, 2.45) is 0 Å². The maximum Gasteiger partial charge on any atom is 0.233 e. The molecule has 6 nitrogen and oxygen atoms in total. The molecular formula is C23H25F2N3O3. The summed E-state index contributed by atoms with van der Waals surface area (Å²) in [5, 5.41) is 15.3. The highest BCUT2D eigenvalue weighted by Gasteiger charge is 2.50. The smallest absolute Gasteiger partial charge is 0.233 e. The molecule has 1 aliphatic carbocycles. The van der Waals surface area contributed by atoms with Crippen LogP contribution in [0.15, 0.2) is 36.4 Å². The van der Waals surface area contributed by atoms with Gasteiger partial charge in [0, 0.05) is 17.5 Å². The number of piperidine rings is 1. The fourth-order valence-corrected chi connectivity index (χ4v) is 4.90. The summed E-state index contributed by atoms with van der Waals surface area (Å²) in [4.78, 5) is 27.2. The van der Waals surface area contributed by atoms with Crippen molar-refractivity contribution < 1.29 is 23.5 Å². The zero-order valence-corrected chi connectivity index (χ0v) is 17.4. The van der Waals surface area contributed by atoms with Crippen LogP contribution in [0.5, 0.6) is 5.75 Å². The first-order valence-electron chi connectivity index (χ1n) is 10.2. The van der Waals surface area contributed by atoms with E-state index in [1.54, 1.807) is 12.1 Å². The lowest BCUT2D eigenvalue weighted by Crippen LogP contribution is -2.67. The number of amides is 2. The first-order chi connectivity index (χ1) is 14.7. The second-order valence-electron chi connectivity index (χ2n) is 8.66. The molecule has 2 bridgehead atoms. The van der Waals surface area contributed by atoms with Crippen LogP contribution in [0.3, 0.4) is 0 Å². The van der Waals surface area contributed by atoms with Gasteiger partial charge in [-0.05, 0) is 61.8 Å². The molecule has 2 aromatic rings. The Morgan fingerprint density at radius 2 is 1.97 bits per heavy atom. The summed E-state index contributed by atoms with van der Waals surface area (Å²) < 4.78 is 26.8. The minimum absolute atomic E-state index is 0.0531. The van der Waals surface area contributed by atoms with Gasteiger partial charge in [-0.3, -0.25) is 9.59 Å². The number of nitrogens with one attached hydrogen (secondary N) is 2. The van der Waals surface area contributed by atoms with E-state index in [1.807, 2.05) is 13.1 Å². The van der Waals surface area contributed by atoms with Crippen LogP contribution in [0.4, 0.5) is 14.5 Å². The second kappa shape index (κ2) is 7.92. The van der Waals surface area contributed by atoms with Crippen molar-refractivity contribution in [1.29, 1.82) is 0 Å². The predicted molar refractivity (Wildman–Crippen MR) is 112 cm³/mol. The number of carbonyl (C=O) groups excluding carboxylic acids is 2. The average molecular weight is 429 g/mol. The average Bonchev–Trinajstić information content (AvgIpc) is 2.70. The molecule has 8 heteroatoms. The Labute approximate surface area is 179 Å². The minimum atomic E-state index is -0.902. The van der Waals surface area contributed by atoms with Crippen LogP contribution in [0.1, 0.15) is 30.9 Å². The standard InChI is InChI=1S/C23H25F2N3O3/c1-23-7-8-28(2)19(9-13-3-5-15(29)11-16(13)23)22(23)27-21(31)12-20(30)26-18-6-4-14(24)10-17(18)25/h3-6,10-11,19,22,29H,7-9,12H2,1-2H3,(H,26,30)(H,27,31). The molecule has 1 aliphatic heterocycles. The Hall–Kier alpha value is -3.00. The van der Waals surface area contributed by atoms with E-state index >= 15 is 0 Å². The van der Waals surface area contributed by atoms with Crippen LogP contribution >= 0.6 is 0 Å². The van der Waals surface area contributed by atoms with Gasteiger partial charge in [0.15, 0.2) is 0 Å². The Morgan fingerprint density at radius 3 is 2.71 bits per heavy atom. The minimum Gasteiger partial charge on any atom is -0.508 e. The lowest BCUT2D eigenvalue weighted by Gasteiger charge is -2.54. The van der Waals surface area contributed by atoms with E-state index in [0.29, 0.717) is 6.07 Å². The van der Waals surface area contributed by atoms with E-state index in [1.165, 1.54) is 0 Å². The van der Waals surface area contributed by atoms with Crippen LogP contribution in [-0.2, 0) is 21.4 Å². The van der Waals surface area contributed by atoms with Crippen molar-refractivity contribution in [3.05, 3.63) is 59.2 Å². The quantitative estimate of drug-likeness (QED) is 0.653.